The number of hydrogen-bond acceptors (Lipinski definition) is 4. The van der Waals surface area contributed by atoms with Crippen LogP contribution in [0.15, 0.2) is 46.1 Å². The number of hydrogen-bond donors (Lipinski definition) is 0. The number of ether oxygens (including phenoxy) is 1. The molecule has 1 amide bonds. The predicted octanol–water partition coefficient (Wildman–Crippen LogP) is 1.32. The molecule has 27 heavy (non-hydrogen) atoms. The molecule has 3 rings (SSSR count). The Balaban J connectivity index is 1.74. The molecule has 1 unspecified atom stereocenters. The Labute approximate surface area is 156 Å². The molecule has 0 radical (unpaired) electrons. The zero-order valence-electron chi connectivity index (χ0n) is 15.3. The summed E-state index contributed by atoms with van der Waals surface area (Å²) >= 11 is 0. The fourth-order valence-corrected chi connectivity index (χ4v) is 3.02. The van der Waals surface area contributed by atoms with Crippen molar-refractivity contribution in [2.24, 2.45) is 7.05 Å². The SMILES string of the molecule is CCC#CCOc1ccc(N2CCC(n3ccc(=O)n(C)c3=O)C2=O)cc1. The molecule has 0 aliphatic carbocycles. The fraction of sp³-hybridized carbons (Fsp3) is 0.350. The van der Waals surface area contributed by atoms with Gasteiger partial charge in [0.1, 0.15) is 18.4 Å². The third kappa shape index (κ3) is 3.80. The molecule has 7 heteroatoms. The number of nitrogens with zero attached hydrogens (tertiary/aromatic N) is 3. The van der Waals surface area contributed by atoms with Crippen LogP contribution in [-0.2, 0) is 11.8 Å². The van der Waals surface area contributed by atoms with Crippen molar-refractivity contribution in [2.75, 3.05) is 18.1 Å². The molecule has 0 N–H and O–H groups in total. The first-order valence-corrected chi connectivity index (χ1v) is 8.81. The lowest BCUT2D eigenvalue weighted by molar-refractivity contribution is -0.119. The monoisotopic (exact) mass is 367 g/mol. The van der Waals surface area contributed by atoms with Gasteiger partial charge in [-0.1, -0.05) is 12.8 Å². The summed E-state index contributed by atoms with van der Waals surface area (Å²) in [6, 6.07) is 7.90. The molecule has 1 atom stereocenters. The summed E-state index contributed by atoms with van der Waals surface area (Å²) in [6.45, 7) is 2.81. The highest BCUT2D eigenvalue weighted by Crippen LogP contribution is 2.28. The molecule has 1 aliphatic heterocycles. The van der Waals surface area contributed by atoms with Gasteiger partial charge in [0.25, 0.3) is 5.56 Å². The van der Waals surface area contributed by atoms with Crippen LogP contribution in [-0.4, -0.2) is 28.2 Å². The first-order valence-electron chi connectivity index (χ1n) is 8.81. The minimum absolute atomic E-state index is 0.168. The van der Waals surface area contributed by atoms with Crippen molar-refractivity contribution in [3.8, 4) is 17.6 Å². The smallest absolute Gasteiger partial charge is 0.331 e. The van der Waals surface area contributed by atoms with Gasteiger partial charge in [-0.25, -0.2) is 4.79 Å². The summed E-state index contributed by atoms with van der Waals surface area (Å²) < 4.78 is 7.86. The van der Waals surface area contributed by atoms with E-state index in [1.165, 1.54) is 23.9 Å². The number of carbonyl (C=O) groups is 1. The summed E-state index contributed by atoms with van der Waals surface area (Å²) in [6.07, 6.45) is 2.69. The number of carbonyl (C=O) groups excluding carboxylic acids is 1. The summed E-state index contributed by atoms with van der Waals surface area (Å²) in [7, 11) is 1.40. The molecule has 2 aromatic rings. The van der Waals surface area contributed by atoms with Gasteiger partial charge in [0, 0.05) is 38.0 Å². The molecule has 7 nitrogen and oxygen atoms in total. The van der Waals surface area contributed by atoms with Gasteiger partial charge in [-0.3, -0.25) is 18.7 Å². The van der Waals surface area contributed by atoms with Crippen LogP contribution in [0.4, 0.5) is 5.69 Å². The third-order valence-corrected chi connectivity index (χ3v) is 4.49. The molecular weight excluding hydrogens is 346 g/mol. The molecule has 1 saturated heterocycles. The molecule has 0 bridgehead atoms. The first kappa shape index (κ1) is 18.5. The van der Waals surface area contributed by atoms with E-state index in [0.29, 0.717) is 25.3 Å². The van der Waals surface area contributed by atoms with Crippen molar-refractivity contribution in [1.29, 1.82) is 0 Å². The number of amides is 1. The number of aromatic nitrogens is 2. The normalized spacial score (nSPS) is 16.1. The highest BCUT2D eigenvalue weighted by molar-refractivity contribution is 5.98. The Morgan fingerprint density at radius 2 is 1.85 bits per heavy atom. The minimum Gasteiger partial charge on any atom is -0.481 e. The maximum Gasteiger partial charge on any atom is 0.331 e. The molecule has 0 spiro atoms. The number of rotatable bonds is 4. The van der Waals surface area contributed by atoms with Gasteiger partial charge in [-0.2, -0.15) is 0 Å². The van der Waals surface area contributed by atoms with Crippen LogP contribution < -0.4 is 20.9 Å². The Bertz CT molecular complexity index is 1010. The van der Waals surface area contributed by atoms with Gasteiger partial charge >= 0.3 is 5.69 Å². The summed E-state index contributed by atoms with van der Waals surface area (Å²) in [4.78, 5) is 38.3. The largest absolute Gasteiger partial charge is 0.481 e. The van der Waals surface area contributed by atoms with Crippen LogP contribution in [0.2, 0.25) is 0 Å². The lowest BCUT2D eigenvalue weighted by Gasteiger charge is -2.18. The zero-order valence-corrected chi connectivity index (χ0v) is 15.3. The van der Waals surface area contributed by atoms with Crippen molar-refractivity contribution in [2.45, 2.75) is 25.8 Å². The van der Waals surface area contributed by atoms with E-state index in [-0.39, 0.29) is 5.91 Å². The molecule has 0 saturated carbocycles. The third-order valence-electron chi connectivity index (χ3n) is 4.49. The van der Waals surface area contributed by atoms with Gasteiger partial charge < -0.3 is 9.64 Å². The standard InChI is InChI=1S/C20H21N3O4/c1-3-4-5-14-27-16-8-6-15(7-9-16)22-12-10-17(19(22)25)23-13-11-18(24)21(2)20(23)26/h6-9,11,13,17H,3,10,12,14H2,1-2H3. The van der Waals surface area contributed by atoms with Gasteiger partial charge in [-0.15, -0.1) is 5.92 Å². The van der Waals surface area contributed by atoms with Crippen LogP contribution >= 0.6 is 0 Å². The lowest BCUT2D eigenvalue weighted by Crippen LogP contribution is -2.40. The van der Waals surface area contributed by atoms with E-state index in [4.69, 9.17) is 4.74 Å². The van der Waals surface area contributed by atoms with E-state index in [1.807, 2.05) is 19.1 Å². The summed E-state index contributed by atoms with van der Waals surface area (Å²) in [5, 5.41) is 0. The highest BCUT2D eigenvalue weighted by Gasteiger charge is 2.34. The average molecular weight is 367 g/mol. The number of anilines is 1. The molecule has 2 heterocycles. The first-order chi connectivity index (χ1) is 13.0. The predicted molar refractivity (Wildman–Crippen MR) is 102 cm³/mol. The molecule has 1 aromatic carbocycles. The van der Waals surface area contributed by atoms with E-state index >= 15 is 0 Å². The molecule has 1 fully saturated rings. The fourth-order valence-electron chi connectivity index (χ4n) is 3.02. The number of benzene rings is 1. The quantitative estimate of drug-likeness (QED) is 0.764. The van der Waals surface area contributed by atoms with Crippen molar-refractivity contribution in [3.05, 3.63) is 57.4 Å². The van der Waals surface area contributed by atoms with Crippen LogP contribution in [0.1, 0.15) is 25.8 Å². The average Bonchev–Trinajstić information content (AvgIpc) is 3.05. The Hall–Kier alpha value is -3.27. The second-order valence-electron chi connectivity index (χ2n) is 6.19. The van der Waals surface area contributed by atoms with Gasteiger partial charge in [0.05, 0.1) is 0 Å². The molecule has 140 valence electrons. The Morgan fingerprint density at radius 3 is 2.56 bits per heavy atom. The van der Waals surface area contributed by atoms with Crippen LogP contribution in [0.5, 0.6) is 5.75 Å². The van der Waals surface area contributed by atoms with E-state index in [0.717, 1.165) is 16.7 Å². The van der Waals surface area contributed by atoms with E-state index in [9.17, 15) is 14.4 Å². The topological polar surface area (TPSA) is 73.5 Å². The molecule has 1 aliphatic rings. The van der Waals surface area contributed by atoms with E-state index in [2.05, 4.69) is 11.8 Å². The summed E-state index contributed by atoms with van der Waals surface area (Å²) in [5.74, 6) is 6.35. The second kappa shape index (κ2) is 7.96. The second-order valence-corrected chi connectivity index (χ2v) is 6.19. The maximum absolute atomic E-state index is 12.8. The highest BCUT2D eigenvalue weighted by atomic mass is 16.5. The molecule has 1 aromatic heterocycles. The van der Waals surface area contributed by atoms with Crippen molar-refractivity contribution >= 4 is 11.6 Å². The minimum atomic E-state index is -0.607. The van der Waals surface area contributed by atoms with Gasteiger partial charge in [-0.05, 0) is 30.7 Å². The van der Waals surface area contributed by atoms with Crippen molar-refractivity contribution in [1.82, 2.24) is 9.13 Å². The maximum atomic E-state index is 12.8. The zero-order chi connectivity index (χ0) is 19.4. The van der Waals surface area contributed by atoms with E-state index in [1.54, 1.807) is 17.0 Å². The lowest BCUT2D eigenvalue weighted by atomic mass is 10.2. The van der Waals surface area contributed by atoms with Gasteiger partial charge in [0.15, 0.2) is 0 Å². The van der Waals surface area contributed by atoms with Crippen LogP contribution in [0.25, 0.3) is 0 Å². The van der Waals surface area contributed by atoms with E-state index < -0.39 is 17.3 Å². The van der Waals surface area contributed by atoms with Crippen LogP contribution in [0, 0.1) is 11.8 Å². The Morgan fingerprint density at radius 1 is 1.11 bits per heavy atom. The molecular formula is C20H21N3O4. The van der Waals surface area contributed by atoms with Crippen molar-refractivity contribution < 1.29 is 9.53 Å². The van der Waals surface area contributed by atoms with Gasteiger partial charge in [0.2, 0.25) is 5.91 Å². The van der Waals surface area contributed by atoms with Crippen LogP contribution in [0.3, 0.4) is 0 Å². The Kier molecular flexibility index (Phi) is 5.46. The van der Waals surface area contributed by atoms with Crippen molar-refractivity contribution in [3.63, 3.8) is 0 Å². The summed E-state index contributed by atoms with van der Waals surface area (Å²) in [5.41, 5.74) is -0.134.